The molecule has 0 amide bonds. The van der Waals surface area contributed by atoms with E-state index in [4.69, 9.17) is 9.47 Å². The summed E-state index contributed by atoms with van der Waals surface area (Å²) in [5, 5.41) is 7.95. The molecule has 148 valence electrons. The fourth-order valence-electron chi connectivity index (χ4n) is 2.65. The van der Waals surface area contributed by atoms with E-state index in [0.29, 0.717) is 29.9 Å². The van der Waals surface area contributed by atoms with Gasteiger partial charge in [0.25, 0.3) is 0 Å². The van der Waals surface area contributed by atoms with Gasteiger partial charge < -0.3 is 9.47 Å². The summed E-state index contributed by atoms with van der Waals surface area (Å²) in [6.45, 7) is 4.16. The molecule has 1 aromatic carbocycles. The molecule has 0 saturated heterocycles. The van der Waals surface area contributed by atoms with Gasteiger partial charge in [0.2, 0.25) is 10.0 Å². The first-order valence-electron chi connectivity index (χ1n) is 8.62. The zero-order valence-electron chi connectivity index (χ0n) is 15.7. The summed E-state index contributed by atoms with van der Waals surface area (Å²) in [5.41, 5.74) is 0. The number of sulfonamides is 1. The third-order valence-corrected chi connectivity index (χ3v) is 5.54. The molecule has 0 unspecified atom stereocenters. The van der Waals surface area contributed by atoms with Crippen LogP contribution in [0.1, 0.15) is 25.7 Å². The lowest BCUT2D eigenvalue weighted by Crippen LogP contribution is -2.29. The number of hydrogen-bond acceptors (Lipinski definition) is 7. The normalized spacial score (nSPS) is 12.5. The monoisotopic (exact) mass is 403 g/mol. The van der Waals surface area contributed by atoms with E-state index in [2.05, 4.69) is 19.9 Å². The largest absolute Gasteiger partial charge is 0.467 e. The van der Waals surface area contributed by atoms with Gasteiger partial charge in [-0.2, -0.15) is 0 Å². The molecule has 0 aliphatic carbocycles. The Morgan fingerprint density at radius 1 is 1.07 bits per heavy atom. The summed E-state index contributed by atoms with van der Waals surface area (Å²) in [6.07, 6.45) is 3.23. The zero-order chi connectivity index (χ0) is 20.1. The molecule has 1 atom stereocenters. The van der Waals surface area contributed by atoms with Gasteiger partial charge in [-0.3, -0.25) is 9.55 Å². The van der Waals surface area contributed by atoms with Crippen LogP contribution in [-0.2, 0) is 16.6 Å². The molecule has 3 rings (SSSR count). The average Bonchev–Trinajstić information content (AvgIpc) is 3.12. The van der Waals surface area contributed by atoms with E-state index in [1.807, 2.05) is 6.92 Å². The zero-order valence-corrected chi connectivity index (χ0v) is 16.5. The summed E-state index contributed by atoms with van der Waals surface area (Å²) in [6, 6.07) is 9.33. The van der Waals surface area contributed by atoms with Crippen LogP contribution in [0.4, 0.5) is 0 Å². The molecule has 10 heteroatoms. The minimum atomic E-state index is -3.76. The number of pyridine rings is 1. The molecule has 0 radical (unpaired) electrons. The van der Waals surface area contributed by atoms with E-state index < -0.39 is 16.1 Å². The quantitative estimate of drug-likeness (QED) is 0.616. The Morgan fingerprint density at radius 2 is 1.71 bits per heavy atom. The van der Waals surface area contributed by atoms with Gasteiger partial charge in [-0.1, -0.05) is 5.10 Å². The Hall–Kier alpha value is -2.98. The number of benzene rings is 1. The average molecular weight is 403 g/mol. The lowest BCUT2D eigenvalue weighted by atomic mass is 10.3. The summed E-state index contributed by atoms with van der Waals surface area (Å²) in [7, 11) is -2.27. The standard InChI is InChI=1S/C18H21N5O4S/c1-4-23-17(20-21-18(23)26-3)13(2)22-28(24,25)16-7-5-14(6-8-16)27-15-9-11-19-12-10-15/h5-13,22H,4H2,1-3H3/t13-/m1/s1. The van der Waals surface area contributed by atoms with Gasteiger partial charge in [0.05, 0.1) is 18.0 Å². The van der Waals surface area contributed by atoms with Crippen LogP contribution in [0.5, 0.6) is 17.5 Å². The first-order chi connectivity index (χ1) is 13.4. The van der Waals surface area contributed by atoms with E-state index in [1.165, 1.54) is 19.2 Å². The first-order valence-corrected chi connectivity index (χ1v) is 10.1. The maximum absolute atomic E-state index is 12.7. The molecule has 0 fully saturated rings. The van der Waals surface area contributed by atoms with Gasteiger partial charge in [0.1, 0.15) is 11.5 Å². The molecular formula is C18H21N5O4S. The topological polar surface area (TPSA) is 108 Å². The van der Waals surface area contributed by atoms with Gasteiger partial charge in [-0.15, -0.1) is 5.10 Å². The van der Waals surface area contributed by atoms with Crippen molar-refractivity contribution < 1.29 is 17.9 Å². The number of nitrogens with one attached hydrogen (secondary N) is 1. The van der Waals surface area contributed by atoms with Crippen LogP contribution in [0.3, 0.4) is 0 Å². The molecule has 3 aromatic rings. The van der Waals surface area contributed by atoms with Crippen LogP contribution >= 0.6 is 0 Å². The minimum absolute atomic E-state index is 0.121. The number of aromatic nitrogens is 4. The fourth-order valence-corrected chi connectivity index (χ4v) is 3.85. The predicted molar refractivity (Wildman–Crippen MR) is 102 cm³/mol. The fraction of sp³-hybridized carbons (Fsp3) is 0.278. The van der Waals surface area contributed by atoms with Crippen LogP contribution in [0.25, 0.3) is 0 Å². The Bertz CT molecular complexity index is 1020. The maximum Gasteiger partial charge on any atom is 0.316 e. The molecule has 2 aromatic heterocycles. The summed E-state index contributed by atoms with van der Waals surface area (Å²) in [5.74, 6) is 1.61. The number of rotatable bonds is 8. The third-order valence-electron chi connectivity index (χ3n) is 3.98. The van der Waals surface area contributed by atoms with Crippen molar-refractivity contribution in [1.29, 1.82) is 0 Å². The smallest absolute Gasteiger partial charge is 0.316 e. The number of hydrogen-bond donors (Lipinski definition) is 1. The molecular weight excluding hydrogens is 382 g/mol. The Labute approximate surface area is 163 Å². The maximum atomic E-state index is 12.7. The second-order valence-corrected chi connectivity index (χ2v) is 7.60. The highest BCUT2D eigenvalue weighted by Crippen LogP contribution is 2.23. The molecule has 0 spiro atoms. The van der Waals surface area contributed by atoms with Crippen molar-refractivity contribution in [3.63, 3.8) is 0 Å². The second kappa shape index (κ2) is 8.36. The molecule has 0 aliphatic rings. The summed E-state index contributed by atoms with van der Waals surface area (Å²) >= 11 is 0. The summed E-state index contributed by atoms with van der Waals surface area (Å²) in [4.78, 5) is 4.04. The highest BCUT2D eigenvalue weighted by Gasteiger charge is 2.23. The SMILES string of the molecule is CCn1c(OC)nnc1[C@@H](C)NS(=O)(=O)c1ccc(Oc2ccncc2)cc1. The van der Waals surface area contributed by atoms with Crippen molar-refractivity contribution in [3.8, 4) is 17.5 Å². The lowest BCUT2D eigenvalue weighted by Gasteiger charge is -2.15. The lowest BCUT2D eigenvalue weighted by molar-refractivity contribution is 0.354. The summed E-state index contributed by atoms with van der Waals surface area (Å²) < 4.78 is 40.5. The minimum Gasteiger partial charge on any atom is -0.467 e. The van der Waals surface area contributed by atoms with Gasteiger partial charge in [0.15, 0.2) is 5.82 Å². The van der Waals surface area contributed by atoms with Crippen molar-refractivity contribution in [2.75, 3.05) is 7.11 Å². The number of ether oxygens (including phenoxy) is 2. The molecule has 28 heavy (non-hydrogen) atoms. The highest BCUT2D eigenvalue weighted by atomic mass is 32.2. The molecule has 9 nitrogen and oxygen atoms in total. The van der Waals surface area contributed by atoms with Crippen LogP contribution in [0.2, 0.25) is 0 Å². The van der Waals surface area contributed by atoms with Crippen LogP contribution < -0.4 is 14.2 Å². The van der Waals surface area contributed by atoms with E-state index in [1.54, 1.807) is 48.1 Å². The van der Waals surface area contributed by atoms with Gasteiger partial charge >= 0.3 is 6.01 Å². The molecule has 2 heterocycles. The molecule has 0 aliphatic heterocycles. The highest BCUT2D eigenvalue weighted by molar-refractivity contribution is 7.89. The van der Waals surface area contributed by atoms with Crippen LogP contribution in [-0.4, -0.2) is 35.3 Å². The van der Waals surface area contributed by atoms with E-state index in [9.17, 15) is 8.42 Å². The van der Waals surface area contributed by atoms with E-state index in [-0.39, 0.29) is 4.90 Å². The number of nitrogens with zero attached hydrogens (tertiary/aromatic N) is 4. The van der Waals surface area contributed by atoms with Crippen LogP contribution in [0, 0.1) is 0 Å². The molecule has 0 saturated carbocycles. The second-order valence-electron chi connectivity index (χ2n) is 5.89. The number of methoxy groups -OCH3 is 1. The van der Waals surface area contributed by atoms with Crippen molar-refractivity contribution in [1.82, 2.24) is 24.5 Å². The predicted octanol–water partition coefficient (Wildman–Crippen LogP) is 2.53. The van der Waals surface area contributed by atoms with Crippen molar-refractivity contribution >= 4 is 10.0 Å². The van der Waals surface area contributed by atoms with Gasteiger partial charge in [0, 0.05) is 18.9 Å². The van der Waals surface area contributed by atoms with E-state index >= 15 is 0 Å². The Morgan fingerprint density at radius 3 is 2.32 bits per heavy atom. The Kier molecular flexibility index (Phi) is 5.90. The van der Waals surface area contributed by atoms with Gasteiger partial charge in [-0.05, 0) is 50.2 Å². The van der Waals surface area contributed by atoms with E-state index in [0.717, 1.165) is 0 Å². The molecule has 1 N–H and O–H groups in total. The van der Waals surface area contributed by atoms with Crippen molar-refractivity contribution in [3.05, 3.63) is 54.6 Å². The first kappa shape index (κ1) is 19.8. The van der Waals surface area contributed by atoms with Crippen molar-refractivity contribution in [2.24, 2.45) is 0 Å². The Balaban J connectivity index is 1.74. The van der Waals surface area contributed by atoms with Gasteiger partial charge in [-0.25, -0.2) is 13.1 Å². The van der Waals surface area contributed by atoms with Crippen molar-refractivity contribution in [2.45, 2.75) is 31.3 Å². The van der Waals surface area contributed by atoms with Crippen LogP contribution in [0.15, 0.2) is 53.7 Å². The molecule has 0 bridgehead atoms. The third kappa shape index (κ3) is 4.29.